The summed E-state index contributed by atoms with van der Waals surface area (Å²) in [6, 6.07) is -0.821. The monoisotopic (exact) mass is 650 g/mol. The maximum Gasteiger partial charge on any atom is 0.251 e. The van der Waals surface area contributed by atoms with Crippen LogP contribution in [-0.4, -0.2) is 56.0 Å². The van der Waals surface area contributed by atoms with Gasteiger partial charge in [-0.25, -0.2) is 0 Å². The minimum absolute atomic E-state index is 0.0635. The largest absolute Gasteiger partial charge is 0.388 e. The van der Waals surface area contributed by atoms with Gasteiger partial charge in [0.05, 0.1) is 6.54 Å². The molecule has 270 valence electrons. The zero-order chi connectivity index (χ0) is 36.3. The van der Waals surface area contributed by atoms with Crippen LogP contribution in [0.5, 0.6) is 0 Å². The smallest absolute Gasteiger partial charge is 0.251 e. The Morgan fingerprint density at radius 3 is 1.87 bits per heavy atom. The molecule has 0 radical (unpaired) electrons. The van der Waals surface area contributed by atoms with Gasteiger partial charge in [0.25, 0.3) is 5.91 Å². The van der Waals surface area contributed by atoms with Crippen LogP contribution in [0.2, 0.25) is 0 Å². The molecule has 0 aliphatic rings. The fourth-order valence-electron chi connectivity index (χ4n) is 3.82. The molecule has 0 spiro atoms. The molecule has 8 nitrogen and oxygen atoms in total. The molecule has 0 aliphatic heterocycles. The molecule has 3 atom stereocenters. The standard InChI is InChI=1S/C29H51N5O3.C4H10.C3H8.C2H6/c1-9-14-23(15-10-2)28(36)34-27(22(8)12-4)29(37)32-20-26(35)33-25(17-21(6)7)19-30-18-24(16-11-3)31-13-5;1-3-4-2;1-3-2;1-2/h9-10,14-16,21-22,25,27,30-31H,1,11-13,17-20H2,2-8H3,(H,32,37)(H,33,35)(H,34,36);3-4H2,1-2H3;3H2,1-2H3;1-2H3/b15-10-,23-14+,24-16?;;;/t22-,25?,27?;;;/m0.../s1. The third-order valence-electron chi connectivity index (χ3n) is 6.29. The normalized spacial score (nSPS) is 13.0. The number of amides is 3. The highest BCUT2D eigenvalue weighted by Gasteiger charge is 2.27. The molecule has 0 heterocycles. The molecule has 0 saturated heterocycles. The molecule has 0 bridgehead atoms. The zero-order valence-corrected chi connectivity index (χ0v) is 32.2. The van der Waals surface area contributed by atoms with Crippen molar-refractivity contribution < 1.29 is 14.4 Å². The first-order chi connectivity index (χ1) is 22.0. The lowest BCUT2D eigenvalue weighted by molar-refractivity contribution is -0.130. The van der Waals surface area contributed by atoms with E-state index in [9.17, 15) is 14.4 Å². The molecule has 0 aromatic carbocycles. The number of hydrogen-bond acceptors (Lipinski definition) is 5. The number of carbonyl (C=O) groups excluding carboxylic acids is 3. The van der Waals surface area contributed by atoms with Gasteiger partial charge in [0.15, 0.2) is 0 Å². The van der Waals surface area contributed by atoms with Crippen LogP contribution in [0, 0.1) is 11.8 Å². The van der Waals surface area contributed by atoms with Crippen molar-refractivity contribution >= 4 is 17.7 Å². The van der Waals surface area contributed by atoms with E-state index in [0.717, 1.165) is 25.1 Å². The zero-order valence-electron chi connectivity index (χ0n) is 32.2. The quantitative estimate of drug-likeness (QED) is 0.0689. The summed E-state index contributed by atoms with van der Waals surface area (Å²) in [5.74, 6) is -0.703. The molecule has 3 amide bonds. The van der Waals surface area contributed by atoms with E-state index < -0.39 is 6.04 Å². The van der Waals surface area contributed by atoms with Gasteiger partial charge in [-0.05, 0) is 38.5 Å². The number of nitrogens with one attached hydrogen (secondary N) is 5. The maximum absolute atomic E-state index is 13.0. The van der Waals surface area contributed by atoms with Gasteiger partial charge in [0.2, 0.25) is 11.8 Å². The Morgan fingerprint density at radius 1 is 0.848 bits per heavy atom. The first-order valence-electron chi connectivity index (χ1n) is 17.9. The van der Waals surface area contributed by atoms with E-state index in [4.69, 9.17) is 0 Å². The fraction of sp³-hybridized carbons (Fsp3) is 0.711. The van der Waals surface area contributed by atoms with E-state index in [-0.39, 0.29) is 36.2 Å². The predicted molar refractivity (Wildman–Crippen MR) is 202 cm³/mol. The van der Waals surface area contributed by atoms with Crippen LogP contribution in [0.3, 0.4) is 0 Å². The molecule has 5 N–H and O–H groups in total. The lowest BCUT2D eigenvalue weighted by Gasteiger charge is -2.25. The van der Waals surface area contributed by atoms with Gasteiger partial charge < -0.3 is 26.6 Å². The van der Waals surface area contributed by atoms with Crippen LogP contribution in [0.25, 0.3) is 0 Å². The van der Waals surface area contributed by atoms with Crippen LogP contribution >= 0.6 is 0 Å². The third-order valence-corrected chi connectivity index (χ3v) is 6.29. The van der Waals surface area contributed by atoms with E-state index in [0.29, 0.717) is 31.0 Å². The van der Waals surface area contributed by atoms with Crippen molar-refractivity contribution in [1.82, 2.24) is 26.6 Å². The summed E-state index contributed by atoms with van der Waals surface area (Å²) < 4.78 is 0. The average Bonchev–Trinajstić information content (AvgIpc) is 3.03. The molecular formula is C38H75N5O3. The van der Waals surface area contributed by atoms with Crippen molar-refractivity contribution in [1.29, 1.82) is 0 Å². The van der Waals surface area contributed by atoms with E-state index in [1.54, 1.807) is 18.2 Å². The van der Waals surface area contributed by atoms with Gasteiger partial charge in [0, 0.05) is 36.9 Å². The Bertz CT molecular complexity index is 847. The first-order valence-corrected chi connectivity index (χ1v) is 17.9. The average molecular weight is 650 g/mol. The molecule has 0 rings (SSSR count). The SMILES string of the molecule is C=C/C=C(\C=C/C)C(=O)NC(C(=O)NCC(=O)NC(CNCC(=CCC)NCC)CC(C)C)[C@@H](C)CC.CC.CCC.CCCC. The van der Waals surface area contributed by atoms with Crippen LogP contribution in [0.4, 0.5) is 0 Å². The van der Waals surface area contributed by atoms with E-state index in [2.05, 4.69) is 94.6 Å². The number of hydrogen-bond donors (Lipinski definition) is 5. The van der Waals surface area contributed by atoms with Crippen molar-refractivity contribution in [3.8, 4) is 0 Å². The summed E-state index contributed by atoms with van der Waals surface area (Å²) >= 11 is 0. The molecule has 0 aromatic heterocycles. The van der Waals surface area contributed by atoms with Crippen molar-refractivity contribution in [2.24, 2.45) is 11.8 Å². The summed E-state index contributed by atoms with van der Waals surface area (Å²) in [6.07, 6.45) is 15.0. The summed E-state index contributed by atoms with van der Waals surface area (Å²) in [6.45, 7) is 32.3. The predicted octanol–water partition coefficient (Wildman–Crippen LogP) is 7.59. The second-order valence-electron chi connectivity index (χ2n) is 11.3. The minimum atomic E-state index is -0.758. The van der Waals surface area contributed by atoms with E-state index in [1.807, 2.05) is 34.6 Å². The number of likely N-dealkylation sites (N-methyl/N-ethyl adjacent to an activating group) is 1. The Balaban J connectivity index is -0.000000870. The Labute approximate surface area is 285 Å². The minimum Gasteiger partial charge on any atom is -0.388 e. The summed E-state index contributed by atoms with van der Waals surface area (Å²) in [4.78, 5) is 38.4. The molecule has 46 heavy (non-hydrogen) atoms. The van der Waals surface area contributed by atoms with Gasteiger partial charge >= 0.3 is 0 Å². The second kappa shape index (κ2) is 36.6. The Morgan fingerprint density at radius 2 is 1.43 bits per heavy atom. The molecule has 8 heteroatoms. The lowest BCUT2D eigenvalue weighted by Crippen LogP contribution is -2.53. The second-order valence-corrected chi connectivity index (χ2v) is 11.3. The molecule has 0 aliphatic carbocycles. The molecule has 2 unspecified atom stereocenters. The molecular weight excluding hydrogens is 574 g/mol. The van der Waals surface area contributed by atoms with Crippen LogP contribution in [0.15, 0.2) is 48.2 Å². The van der Waals surface area contributed by atoms with Gasteiger partial charge in [-0.15, -0.1) is 0 Å². The molecule has 0 saturated carbocycles. The molecule has 0 fully saturated rings. The van der Waals surface area contributed by atoms with Crippen molar-refractivity contribution in [2.45, 2.75) is 141 Å². The number of allylic oxidation sites excluding steroid dienone is 4. The summed E-state index contributed by atoms with van der Waals surface area (Å²) in [5.41, 5.74) is 1.55. The third kappa shape index (κ3) is 29.8. The van der Waals surface area contributed by atoms with E-state index in [1.165, 1.54) is 25.3 Å². The van der Waals surface area contributed by atoms with Crippen molar-refractivity contribution in [2.75, 3.05) is 26.2 Å². The number of carbonyl (C=O) groups is 3. The summed E-state index contributed by atoms with van der Waals surface area (Å²) in [7, 11) is 0. The molecule has 0 aromatic rings. The first kappa shape index (κ1) is 50.0. The van der Waals surface area contributed by atoms with Crippen LogP contribution < -0.4 is 26.6 Å². The van der Waals surface area contributed by atoms with Gasteiger partial charge in [-0.2, -0.15) is 0 Å². The van der Waals surface area contributed by atoms with E-state index >= 15 is 0 Å². The Kier molecular flexibility index (Phi) is 39.8. The van der Waals surface area contributed by atoms with Gasteiger partial charge in [-0.3, -0.25) is 14.4 Å². The fourth-order valence-corrected chi connectivity index (χ4v) is 3.82. The van der Waals surface area contributed by atoms with Crippen molar-refractivity contribution in [3.63, 3.8) is 0 Å². The number of rotatable bonds is 20. The Hall–Kier alpha value is -2.87. The van der Waals surface area contributed by atoms with Gasteiger partial charge in [0.1, 0.15) is 6.04 Å². The lowest BCUT2D eigenvalue weighted by atomic mass is 9.97. The van der Waals surface area contributed by atoms with Gasteiger partial charge in [-0.1, -0.05) is 139 Å². The highest BCUT2D eigenvalue weighted by molar-refractivity contribution is 5.99. The number of unbranched alkanes of at least 4 members (excludes halogenated alkanes) is 1. The van der Waals surface area contributed by atoms with Crippen molar-refractivity contribution in [3.05, 3.63) is 48.2 Å². The van der Waals surface area contributed by atoms with Crippen LogP contribution in [0.1, 0.15) is 129 Å². The summed E-state index contributed by atoms with van der Waals surface area (Å²) in [5, 5.41) is 15.3. The van der Waals surface area contributed by atoms with Crippen LogP contribution in [-0.2, 0) is 14.4 Å². The highest BCUT2D eigenvalue weighted by Crippen LogP contribution is 2.10. The topological polar surface area (TPSA) is 111 Å². The highest BCUT2D eigenvalue weighted by atomic mass is 16.2. The maximum atomic E-state index is 13.0.